The third-order valence-corrected chi connectivity index (χ3v) is 4.22. The lowest BCUT2D eigenvalue weighted by molar-refractivity contribution is 0.102. The first kappa shape index (κ1) is 16.2. The largest absolute Gasteiger partial charge is 0.320 e. The third kappa shape index (κ3) is 3.16. The minimum absolute atomic E-state index is 0.0688. The van der Waals surface area contributed by atoms with Gasteiger partial charge >= 0.3 is 0 Å². The zero-order valence-corrected chi connectivity index (χ0v) is 14.6. The molecule has 3 rings (SSSR count). The van der Waals surface area contributed by atoms with E-state index in [0.717, 1.165) is 22.2 Å². The van der Waals surface area contributed by atoms with Crippen molar-refractivity contribution in [1.82, 2.24) is 4.98 Å². The van der Waals surface area contributed by atoms with Crippen LogP contribution in [-0.2, 0) is 5.41 Å². The molecule has 0 bridgehead atoms. The summed E-state index contributed by atoms with van der Waals surface area (Å²) in [5.41, 5.74) is 4.50. The highest BCUT2D eigenvalue weighted by atomic mass is 16.1. The first-order valence-electron chi connectivity index (χ1n) is 8.12. The number of nitrogens with one attached hydrogen (secondary N) is 1. The number of amides is 1. The van der Waals surface area contributed by atoms with Crippen LogP contribution in [0.25, 0.3) is 10.9 Å². The van der Waals surface area contributed by atoms with Gasteiger partial charge in [-0.3, -0.25) is 9.78 Å². The molecular weight excluding hydrogens is 296 g/mol. The molecule has 3 aromatic rings. The van der Waals surface area contributed by atoms with Gasteiger partial charge in [0, 0.05) is 17.1 Å². The predicted octanol–water partition coefficient (Wildman–Crippen LogP) is 5.09. The molecule has 1 amide bonds. The maximum Gasteiger partial charge on any atom is 0.255 e. The number of fused-ring (bicyclic) bond motifs is 1. The first-order valence-corrected chi connectivity index (χ1v) is 8.12. The zero-order valence-electron chi connectivity index (χ0n) is 14.6. The Bertz CT molecular complexity index is 902. The van der Waals surface area contributed by atoms with E-state index in [1.165, 1.54) is 5.56 Å². The normalized spacial score (nSPS) is 11.5. The van der Waals surface area contributed by atoms with E-state index in [2.05, 4.69) is 37.1 Å². The second kappa shape index (κ2) is 6.08. The molecule has 0 aliphatic heterocycles. The highest BCUT2D eigenvalue weighted by molar-refractivity contribution is 6.09. The fraction of sp³-hybridized carbons (Fsp3) is 0.238. The van der Waals surface area contributed by atoms with Crippen LogP contribution in [0.1, 0.15) is 42.3 Å². The van der Waals surface area contributed by atoms with Crippen molar-refractivity contribution in [2.24, 2.45) is 0 Å². The number of hydrogen-bond acceptors (Lipinski definition) is 2. The first-order chi connectivity index (χ1) is 11.4. The van der Waals surface area contributed by atoms with Crippen molar-refractivity contribution in [3.8, 4) is 0 Å². The van der Waals surface area contributed by atoms with Gasteiger partial charge in [-0.05, 0) is 41.7 Å². The number of nitrogens with zero attached hydrogens (tertiary/aromatic N) is 1. The number of aryl methyl sites for hydroxylation is 1. The average molecular weight is 318 g/mol. The highest BCUT2D eigenvalue weighted by Crippen LogP contribution is 2.26. The van der Waals surface area contributed by atoms with E-state index >= 15 is 0 Å². The maximum absolute atomic E-state index is 12.7. The summed E-state index contributed by atoms with van der Waals surface area (Å²) in [6, 6.07) is 15.7. The number of hydrogen-bond donors (Lipinski definition) is 1. The SMILES string of the molecule is Cc1cc(C(C)(C)C)ccc1C(=O)Nc1cccc2cccnc12. The molecule has 0 aliphatic carbocycles. The molecule has 0 atom stereocenters. The third-order valence-electron chi connectivity index (χ3n) is 4.22. The van der Waals surface area contributed by atoms with Gasteiger partial charge in [-0.2, -0.15) is 0 Å². The Morgan fingerprint density at radius 1 is 1.04 bits per heavy atom. The van der Waals surface area contributed by atoms with E-state index in [-0.39, 0.29) is 11.3 Å². The Kier molecular flexibility index (Phi) is 4.10. The number of aromatic nitrogens is 1. The number of carbonyl (C=O) groups is 1. The molecule has 1 aromatic heterocycles. The molecule has 0 fully saturated rings. The van der Waals surface area contributed by atoms with E-state index < -0.39 is 0 Å². The Morgan fingerprint density at radius 2 is 1.79 bits per heavy atom. The van der Waals surface area contributed by atoms with Gasteiger partial charge in [-0.1, -0.05) is 51.1 Å². The second-order valence-corrected chi connectivity index (χ2v) is 7.11. The molecule has 0 saturated carbocycles. The van der Waals surface area contributed by atoms with E-state index in [1.807, 2.05) is 49.4 Å². The lowest BCUT2D eigenvalue weighted by atomic mass is 9.85. The standard InChI is InChI=1S/C21H22N2O/c1-14-13-16(21(2,3)4)10-11-17(14)20(24)23-18-9-5-7-15-8-6-12-22-19(15)18/h5-13H,1-4H3,(H,23,24). The molecule has 1 N–H and O–H groups in total. The minimum Gasteiger partial charge on any atom is -0.320 e. The summed E-state index contributed by atoms with van der Waals surface area (Å²) in [5, 5.41) is 4.01. The number of rotatable bonds is 2. The van der Waals surface area contributed by atoms with Crippen LogP contribution in [0.2, 0.25) is 0 Å². The van der Waals surface area contributed by atoms with Gasteiger partial charge in [0.1, 0.15) is 0 Å². The highest BCUT2D eigenvalue weighted by Gasteiger charge is 2.17. The van der Waals surface area contributed by atoms with Crippen molar-refractivity contribution < 1.29 is 4.79 Å². The Hall–Kier alpha value is -2.68. The molecule has 1 heterocycles. The van der Waals surface area contributed by atoms with Gasteiger partial charge in [-0.15, -0.1) is 0 Å². The average Bonchev–Trinajstić information content (AvgIpc) is 2.54. The van der Waals surface area contributed by atoms with Gasteiger partial charge < -0.3 is 5.32 Å². The van der Waals surface area contributed by atoms with Crippen molar-refractivity contribution >= 4 is 22.5 Å². The van der Waals surface area contributed by atoms with Crippen LogP contribution in [0.15, 0.2) is 54.7 Å². The van der Waals surface area contributed by atoms with Crippen LogP contribution in [0.3, 0.4) is 0 Å². The number of para-hydroxylation sites is 1. The molecule has 122 valence electrons. The number of pyridine rings is 1. The Balaban J connectivity index is 1.92. The van der Waals surface area contributed by atoms with Gasteiger partial charge in [0.05, 0.1) is 11.2 Å². The van der Waals surface area contributed by atoms with Gasteiger partial charge in [0.25, 0.3) is 5.91 Å². The summed E-state index contributed by atoms with van der Waals surface area (Å²) in [7, 11) is 0. The predicted molar refractivity (Wildman–Crippen MR) is 99.6 cm³/mol. The lowest BCUT2D eigenvalue weighted by Gasteiger charge is -2.20. The summed E-state index contributed by atoms with van der Waals surface area (Å²) >= 11 is 0. The van der Waals surface area contributed by atoms with Crippen molar-refractivity contribution in [1.29, 1.82) is 0 Å². The molecule has 24 heavy (non-hydrogen) atoms. The molecule has 0 aliphatic rings. The van der Waals surface area contributed by atoms with Crippen LogP contribution in [0.5, 0.6) is 0 Å². The number of anilines is 1. The van der Waals surface area contributed by atoms with Crippen molar-refractivity contribution in [2.45, 2.75) is 33.1 Å². The van der Waals surface area contributed by atoms with E-state index in [1.54, 1.807) is 6.20 Å². The smallest absolute Gasteiger partial charge is 0.255 e. The topological polar surface area (TPSA) is 42.0 Å². The molecule has 2 aromatic carbocycles. The van der Waals surface area contributed by atoms with Crippen LogP contribution < -0.4 is 5.32 Å². The van der Waals surface area contributed by atoms with Crippen LogP contribution in [0, 0.1) is 6.92 Å². The van der Waals surface area contributed by atoms with Crippen LogP contribution in [-0.4, -0.2) is 10.9 Å². The van der Waals surface area contributed by atoms with E-state index in [4.69, 9.17) is 0 Å². The maximum atomic E-state index is 12.7. The minimum atomic E-state index is -0.105. The van der Waals surface area contributed by atoms with E-state index in [0.29, 0.717) is 5.56 Å². The summed E-state index contributed by atoms with van der Waals surface area (Å²) in [5.74, 6) is -0.105. The monoisotopic (exact) mass is 318 g/mol. The molecule has 3 nitrogen and oxygen atoms in total. The van der Waals surface area contributed by atoms with Crippen molar-refractivity contribution in [3.05, 3.63) is 71.4 Å². The fourth-order valence-corrected chi connectivity index (χ4v) is 2.78. The number of benzene rings is 2. The van der Waals surface area contributed by atoms with Gasteiger partial charge in [0.2, 0.25) is 0 Å². The summed E-state index contributed by atoms with van der Waals surface area (Å²) in [6.45, 7) is 8.49. The molecular formula is C21H22N2O. The quantitative estimate of drug-likeness (QED) is 0.715. The Morgan fingerprint density at radius 3 is 2.50 bits per heavy atom. The fourth-order valence-electron chi connectivity index (χ4n) is 2.78. The summed E-state index contributed by atoms with van der Waals surface area (Å²) < 4.78 is 0. The zero-order chi connectivity index (χ0) is 17.3. The second-order valence-electron chi connectivity index (χ2n) is 7.11. The summed E-state index contributed by atoms with van der Waals surface area (Å²) in [6.07, 6.45) is 1.74. The molecule has 0 radical (unpaired) electrons. The molecule has 0 unspecified atom stereocenters. The van der Waals surface area contributed by atoms with E-state index in [9.17, 15) is 4.79 Å². The number of carbonyl (C=O) groups excluding carboxylic acids is 1. The molecule has 3 heteroatoms. The van der Waals surface area contributed by atoms with Gasteiger partial charge in [0.15, 0.2) is 0 Å². The summed E-state index contributed by atoms with van der Waals surface area (Å²) in [4.78, 5) is 17.1. The lowest BCUT2D eigenvalue weighted by Crippen LogP contribution is -2.16. The van der Waals surface area contributed by atoms with Crippen molar-refractivity contribution in [2.75, 3.05) is 5.32 Å². The van der Waals surface area contributed by atoms with Crippen molar-refractivity contribution in [3.63, 3.8) is 0 Å². The molecule has 0 saturated heterocycles. The Labute approximate surface area is 142 Å². The van der Waals surface area contributed by atoms with Gasteiger partial charge in [-0.25, -0.2) is 0 Å². The molecule has 0 spiro atoms. The van der Waals surface area contributed by atoms with Crippen LogP contribution >= 0.6 is 0 Å². The van der Waals surface area contributed by atoms with Crippen LogP contribution in [0.4, 0.5) is 5.69 Å².